The van der Waals surface area contributed by atoms with Crippen molar-refractivity contribution in [3.8, 4) is 28.8 Å². The fraction of sp³-hybridized carbons (Fsp3) is 0.105. The fourth-order valence-corrected chi connectivity index (χ4v) is 5.74. The van der Waals surface area contributed by atoms with E-state index < -0.39 is 0 Å². The number of para-hydroxylation sites is 1. The van der Waals surface area contributed by atoms with Crippen molar-refractivity contribution in [1.29, 1.82) is 0 Å². The summed E-state index contributed by atoms with van der Waals surface area (Å²) in [7, 11) is 0. The third-order valence-electron chi connectivity index (χ3n) is 8.00. The molecule has 4 aromatic carbocycles. The summed E-state index contributed by atoms with van der Waals surface area (Å²) in [6.45, 7) is 6.59. The molecule has 2 aromatic heterocycles. The number of phenols is 1. The van der Waals surface area contributed by atoms with E-state index in [-0.39, 0.29) is 32.2 Å². The number of nitrogens with zero attached hydrogens (tertiary/aromatic N) is 3. The van der Waals surface area contributed by atoms with Crippen LogP contribution in [0.3, 0.4) is 0 Å². The molecule has 4 nitrogen and oxygen atoms in total. The summed E-state index contributed by atoms with van der Waals surface area (Å²) in [4.78, 5) is 11.9. The molecule has 1 aliphatic rings. The minimum absolute atomic E-state index is 0. The molecule has 0 unspecified atom stereocenters. The number of hydrogen-bond acceptors (Lipinski definition) is 4. The maximum atomic E-state index is 11.2. The van der Waals surface area contributed by atoms with Gasteiger partial charge in [0.15, 0.2) is 5.75 Å². The van der Waals surface area contributed by atoms with Crippen LogP contribution in [0.1, 0.15) is 41.7 Å². The molecule has 5 heteroatoms. The molecule has 1 N–H and O–H groups in total. The van der Waals surface area contributed by atoms with Crippen LogP contribution in [0.4, 0.5) is 17.2 Å². The molecule has 0 saturated carbocycles. The summed E-state index contributed by atoms with van der Waals surface area (Å²) in [5.74, 6) is 7.16. The van der Waals surface area contributed by atoms with Crippen LogP contribution in [0, 0.1) is 24.8 Å². The number of pyridine rings is 2. The first-order chi connectivity index (χ1) is 20.4. The van der Waals surface area contributed by atoms with Gasteiger partial charge in [0.25, 0.3) is 0 Å². The second kappa shape index (κ2) is 11.2. The summed E-state index contributed by atoms with van der Waals surface area (Å²) in [6, 6.07) is 38.1. The minimum Gasteiger partial charge on any atom is -0.504 e. The number of benzene rings is 4. The molecular formula is C38H28N3OPt-. The number of phenolic OH excluding ortho intramolecular Hbond substituents is 1. The predicted molar refractivity (Wildman–Crippen MR) is 169 cm³/mol. The topological polar surface area (TPSA) is 49.2 Å². The summed E-state index contributed by atoms with van der Waals surface area (Å²) in [5.41, 5.74) is 8.85. The van der Waals surface area contributed by atoms with Crippen molar-refractivity contribution in [3.05, 3.63) is 143 Å². The fourth-order valence-electron chi connectivity index (χ4n) is 5.74. The van der Waals surface area contributed by atoms with Crippen molar-refractivity contribution in [2.75, 3.05) is 4.90 Å². The van der Waals surface area contributed by atoms with Crippen molar-refractivity contribution in [3.63, 3.8) is 0 Å². The van der Waals surface area contributed by atoms with Gasteiger partial charge < -0.3 is 10.0 Å². The normalized spacial score (nSPS) is 12.9. The first-order valence-corrected chi connectivity index (χ1v) is 14.0. The minimum atomic E-state index is -0.233. The van der Waals surface area contributed by atoms with Gasteiger partial charge in [-0.3, -0.25) is 4.98 Å². The van der Waals surface area contributed by atoms with Gasteiger partial charge in [-0.1, -0.05) is 85.8 Å². The molecule has 43 heavy (non-hydrogen) atoms. The van der Waals surface area contributed by atoms with Crippen LogP contribution in [-0.4, -0.2) is 15.1 Å². The Morgan fingerprint density at radius 2 is 1.58 bits per heavy atom. The molecule has 0 spiro atoms. The van der Waals surface area contributed by atoms with Crippen molar-refractivity contribution >= 4 is 28.1 Å². The summed E-state index contributed by atoms with van der Waals surface area (Å²) < 4.78 is 0. The Bertz CT molecular complexity index is 2060. The molecule has 0 atom stereocenters. The van der Waals surface area contributed by atoms with Crippen LogP contribution < -0.4 is 4.90 Å². The summed E-state index contributed by atoms with van der Waals surface area (Å²) >= 11 is 0. The van der Waals surface area contributed by atoms with Gasteiger partial charge in [0.2, 0.25) is 0 Å². The van der Waals surface area contributed by atoms with Crippen molar-refractivity contribution in [2.24, 2.45) is 0 Å². The number of anilines is 3. The molecule has 1 aliphatic heterocycles. The Morgan fingerprint density at radius 1 is 0.814 bits per heavy atom. The zero-order valence-electron chi connectivity index (χ0n) is 24.0. The Morgan fingerprint density at radius 3 is 2.40 bits per heavy atom. The Kier molecular flexibility index (Phi) is 7.38. The van der Waals surface area contributed by atoms with Crippen LogP contribution in [0.5, 0.6) is 5.75 Å². The quantitative estimate of drug-likeness (QED) is 0.143. The van der Waals surface area contributed by atoms with E-state index in [1.54, 1.807) is 0 Å². The number of aromatic nitrogens is 2. The van der Waals surface area contributed by atoms with Crippen LogP contribution in [0.25, 0.3) is 22.2 Å². The Labute approximate surface area is 266 Å². The van der Waals surface area contributed by atoms with E-state index in [0.29, 0.717) is 11.1 Å². The molecule has 3 heterocycles. The van der Waals surface area contributed by atoms with E-state index in [0.717, 1.165) is 50.5 Å². The predicted octanol–water partition coefficient (Wildman–Crippen LogP) is 8.62. The van der Waals surface area contributed by atoms with Crippen molar-refractivity contribution in [1.82, 2.24) is 9.97 Å². The SMILES string of the molecule is Cc1ccnc(N2c3[c-]c(-c4ccc5ccc(C#Cc6ccccc6)c(O)c5n4)ccc3C(C)(C)c3ccccc32)c1.[Pt]. The van der Waals surface area contributed by atoms with Crippen LogP contribution in [0.15, 0.2) is 109 Å². The van der Waals surface area contributed by atoms with E-state index in [9.17, 15) is 5.11 Å². The molecule has 0 aliphatic carbocycles. The van der Waals surface area contributed by atoms with Crippen LogP contribution >= 0.6 is 0 Å². The van der Waals surface area contributed by atoms with Gasteiger partial charge >= 0.3 is 0 Å². The van der Waals surface area contributed by atoms with Crippen molar-refractivity contribution < 1.29 is 26.2 Å². The van der Waals surface area contributed by atoms with Gasteiger partial charge in [-0.05, 0) is 71.2 Å². The molecule has 212 valence electrons. The van der Waals surface area contributed by atoms with E-state index in [1.165, 1.54) is 5.56 Å². The monoisotopic (exact) mass is 737 g/mol. The molecule has 6 aromatic rings. The van der Waals surface area contributed by atoms with E-state index in [1.807, 2.05) is 66.9 Å². The molecule has 0 amide bonds. The van der Waals surface area contributed by atoms with Crippen molar-refractivity contribution in [2.45, 2.75) is 26.2 Å². The second-order valence-corrected chi connectivity index (χ2v) is 11.1. The number of aryl methyl sites for hydroxylation is 1. The average Bonchev–Trinajstić information content (AvgIpc) is 3.01. The summed E-state index contributed by atoms with van der Waals surface area (Å²) in [5, 5.41) is 12.0. The van der Waals surface area contributed by atoms with Gasteiger partial charge in [-0.2, -0.15) is 0 Å². The van der Waals surface area contributed by atoms with E-state index in [2.05, 4.69) is 86.0 Å². The molecular weight excluding hydrogens is 710 g/mol. The van der Waals surface area contributed by atoms with Gasteiger partial charge in [0, 0.05) is 43.9 Å². The molecule has 0 fully saturated rings. The summed E-state index contributed by atoms with van der Waals surface area (Å²) in [6.07, 6.45) is 1.85. The Balaban J connectivity index is 0.00000329. The number of aromatic hydroxyl groups is 1. The number of fused-ring (bicyclic) bond motifs is 3. The largest absolute Gasteiger partial charge is 0.504 e. The molecule has 0 bridgehead atoms. The zero-order valence-corrected chi connectivity index (χ0v) is 26.3. The number of hydrogen-bond donors (Lipinski definition) is 1. The third-order valence-corrected chi connectivity index (χ3v) is 8.00. The second-order valence-electron chi connectivity index (χ2n) is 11.1. The number of rotatable bonds is 2. The van der Waals surface area contributed by atoms with Crippen LogP contribution in [0.2, 0.25) is 0 Å². The van der Waals surface area contributed by atoms with E-state index in [4.69, 9.17) is 9.97 Å². The Hall–Kier alpha value is -4.71. The van der Waals surface area contributed by atoms with Gasteiger partial charge in [-0.25, -0.2) is 4.98 Å². The van der Waals surface area contributed by atoms with Gasteiger partial charge in [0.05, 0.1) is 5.56 Å². The van der Waals surface area contributed by atoms with Gasteiger partial charge in [0.1, 0.15) is 11.3 Å². The third kappa shape index (κ3) is 5.01. The maximum absolute atomic E-state index is 11.2. The van der Waals surface area contributed by atoms with Gasteiger partial charge in [-0.15, -0.1) is 23.8 Å². The first-order valence-electron chi connectivity index (χ1n) is 14.0. The first kappa shape index (κ1) is 28.4. The molecule has 7 rings (SSSR count). The van der Waals surface area contributed by atoms with Crippen LogP contribution in [-0.2, 0) is 26.5 Å². The zero-order chi connectivity index (χ0) is 28.8. The molecule has 0 radical (unpaired) electrons. The standard InChI is InChI=1S/C38H28N3O.Pt/c1-25-21-22-39-35(23-25)41-33-12-8-7-11-30(33)38(2,3)31-19-17-29(24-34(31)41)32-20-18-27-15-16-28(37(42)36(27)40-32)14-13-26-9-5-4-6-10-26;/h4-12,15-23,42H,1-3H3;/q-1;. The van der Waals surface area contributed by atoms with E-state index >= 15 is 0 Å². The maximum Gasteiger partial charge on any atom is 0.156 e. The average molecular weight is 738 g/mol. The molecule has 0 saturated heterocycles. The smallest absolute Gasteiger partial charge is 0.156 e.